The number of aromatic nitrogens is 5. The molecule has 166 valence electrons. The Bertz CT molecular complexity index is 1250. The lowest BCUT2D eigenvalue weighted by Gasteiger charge is -2.21. The van der Waals surface area contributed by atoms with Gasteiger partial charge in [0.05, 0.1) is 5.69 Å². The molecule has 3 heterocycles. The highest BCUT2D eigenvalue weighted by Crippen LogP contribution is 2.31. The summed E-state index contributed by atoms with van der Waals surface area (Å²) in [7, 11) is 0. The lowest BCUT2D eigenvalue weighted by atomic mass is 9.97. The highest BCUT2D eigenvalue weighted by atomic mass is 19.1. The SMILES string of the molecule is O=C(C1CCNCC1)n1nnc(-c2ccc(F)cc2)c1-c1ccnc(Oc2ccccc2)n1. The van der Waals surface area contributed by atoms with E-state index < -0.39 is 0 Å². The molecule has 0 bridgehead atoms. The molecule has 0 spiro atoms. The van der Waals surface area contributed by atoms with Crippen molar-refractivity contribution in [2.45, 2.75) is 12.8 Å². The zero-order chi connectivity index (χ0) is 22.6. The highest BCUT2D eigenvalue weighted by molar-refractivity contribution is 5.89. The molecule has 0 radical (unpaired) electrons. The number of carbonyl (C=O) groups excluding carboxylic acids is 1. The number of hydrogen-bond donors (Lipinski definition) is 1. The number of piperidine rings is 1. The van der Waals surface area contributed by atoms with E-state index in [0.29, 0.717) is 28.4 Å². The third kappa shape index (κ3) is 4.49. The molecule has 2 aromatic carbocycles. The normalized spacial score (nSPS) is 14.2. The number of benzene rings is 2. The molecule has 1 aliphatic heterocycles. The zero-order valence-corrected chi connectivity index (χ0v) is 17.7. The summed E-state index contributed by atoms with van der Waals surface area (Å²) < 4.78 is 20.6. The minimum atomic E-state index is -0.362. The zero-order valence-electron chi connectivity index (χ0n) is 17.7. The van der Waals surface area contributed by atoms with Crippen molar-refractivity contribution in [3.8, 4) is 34.4 Å². The predicted molar refractivity (Wildman–Crippen MR) is 119 cm³/mol. The maximum absolute atomic E-state index is 13.5. The van der Waals surface area contributed by atoms with Gasteiger partial charge in [-0.3, -0.25) is 4.79 Å². The van der Waals surface area contributed by atoms with Crippen molar-refractivity contribution in [3.05, 3.63) is 72.7 Å². The minimum absolute atomic E-state index is 0.130. The van der Waals surface area contributed by atoms with Crippen molar-refractivity contribution in [3.63, 3.8) is 0 Å². The third-order valence-corrected chi connectivity index (χ3v) is 5.51. The second-order valence-electron chi connectivity index (χ2n) is 7.71. The number of para-hydroxylation sites is 1. The molecule has 1 saturated heterocycles. The molecule has 33 heavy (non-hydrogen) atoms. The van der Waals surface area contributed by atoms with E-state index in [1.807, 2.05) is 18.2 Å². The predicted octanol–water partition coefficient (Wildman–Crippen LogP) is 3.97. The van der Waals surface area contributed by atoms with E-state index in [2.05, 4.69) is 25.6 Å². The van der Waals surface area contributed by atoms with Crippen LogP contribution in [0.25, 0.3) is 22.6 Å². The topological polar surface area (TPSA) is 94.8 Å². The molecule has 0 saturated carbocycles. The van der Waals surface area contributed by atoms with Crippen LogP contribution in [0.1, 0.15) is 17.6 Å². The van der Waals surface area contributed by atoms with Gasteiger partial charge >= 0.3 is 6.01 Å². The summed E-state index contributed by atoms with van der Waals surface area (Å²) in [5.41, 5.74) is 1.91. The minimum Gasteiger partial charge on any atom is -0.424 e. The number of nitrogens with one attached hydrogen (secondary N) is 1. The maximum atomic E-state index is 13.5. The fourth-order valence-corrected chi connectivity index (χ4v) is 3.83. The Morgan fingerprint density at radius 2 is 1.79 bits per heavy atom. The molecule has 0 aliphatic carbocycles. The Hall–Kier alpha value is -3.98. The first-order chi connectivity index (χ1) is 16.2. The molecule has 1 fully saturated rings. The molecule has 8 nitrogen and oxygen atoms in total. The molecule has 1 aliphatic rings. The molecule has 5 rings (SSSR count). The van der Waals surface area contributed by atoms with Crippen molar-refractivity contribution in [2.24, 2.45) is 5.92 Å². The van der Waals surface area contributed by atoms with Crippen molar-refractivity contribution in [1.82, 2.24) is 30.3 Å². The summed E-state index contributed by atoms with van der Waals surface area (Å²) >= 11 is 0. The van der Waals surface area contributed by atoms with Crippen molar-refractivity contribution in [1.29, 1.82) is 0 Å². The van der Waals surface area contributed by atoms with E-state index >= 15 is 0 Å². The van der Waals surface area contributed by atoms with Crippen LogP contribution in [-0.4, -0.2) is 44.0 Å². The molecular weight excluding hydrogens is 423 g/mol. The van der Waals surface area contributed by atoms with Crippen LogP contribution in [0.4, 0.5) is 4.39 Å². The van der Waals surface area contributed by atoms with E-state index in [0.717, 1.165) is 25.9 Å². The standard InChI is InChI=1S/C24H21FN6O2/c25-18-8-6-16(7-9-18)21-22(31(30-29-21)23(32)17-10-13-26-14-11-17)20-12-15-27-24(28-20)33-19-4-2-1-3-5-19/h1-9,12,15,17,26H,10-11,13-14H2. The Morgan fingerprint density at radius 1 is 1.03 bits per heavy atom. The second-order valence-corrected chi connectivity index (χ2v) is 7.71. The number of carbonyl (C=O) groups is 1. The Kier molecular flexibility index (Phi) is 5.86. The smallest absolute Gasteiger partial charge is 0.322 e. The van der Waals surface area contributed by atoms with Crippen LogP contribution in [0.2, 0.25) is 0 Å². The molecule has 0 amide bonds. The quantitative estimate of drug-likeness (QED) is 0.498. The first kappa shape index (κ1) is 20.9. The van der Waals surface area contributed by atoms with E-state index in [1.54, 1.807) is 36.5 Å². The highest BCUT2D eigenvalue weighted by Gasteiger charge is 2.28. The van der Waals surface area contributed by atoms with Gasteiger partial charge in [-0.25, -0.2) is 9.37 Å². The average Bonchev–Trinajstić information content (AvgIpc) is 3.30. The Morgan fingerprint density at radius 3 is 2.55 bits per heavy atom. The fraction of sp³-hybridized carbons (Fsp3) is 0.208. The van der Waals surface area contributed by atoms with Crippen LogP contribution < -0.4 is 10.1 Å². The van der Waals surface area contributed by atoms with E-state index in [1.165, 1.54) is 16.8 Å². The third-order valence-electron chi connectivity index (χ3n) is 5.51. The fourth-order valence-electron chi connectivity index (χ4n) is 3.83. The van der Waals surface area contributed by atoms with Gasteiger partial charge in [0.25, 0.3) is 5.91 Å². The average molecular weight is 444 g/mol. The van der Waals surface area contributed by atoms with Crippen molar-refractivity contribution < 1.29 is 13.9 Å². The van der Waals surface area contributed by atoms with Crippen LogP contribution in [-0.2, 0) is 0 Å². The lowest BCUT2D eigenvalue weighted by molar-refractivity contribution is 0.0790. The summed E-state index contributed by atoms with van der Waals surface area (Å²) in [6.45, 7) is 1.54. The summed E-state index contributed by atoms with van der Waals surface area (Å²) in [6.07, 6.45) is 2.99. The van der Waals surface area contributed by atoms with Crippen molar-refractivity contribution >= 4 is 5.91 Å². The van der Waals surface area contributed by atoms with Gasteiger partial charge in [0, 0.05) is 17.7 Å². The largest absolute Gasteiger partial charge is 0.424 e. The first-order valence-corrected chi connectivity index (χ1v) is 10.7. The summed E-state index contributed by atoms with van der Waals surface area (Å²) in [5, 5.41) is 11.7. The summed E-state index contributed by atoms with van der Waals surface area (Å²) in [6, 6.07) is 16.9. The van der Waals surface area contributed by atoms with E-state index in [-0.39, 0.29) is 23.7 Å². The van der Waals surface area contributed by atoms with Crippen LogP contribution in [0, 0.1) is 11.7 Å². The molecule has 9 heteroatoms. The number of ether oxygens (including phenoxy) is 1. The number of rotatable bonds is 5. The molecule has 2 aromatic heterocycles. The van der Waals surface area contributed by atoms with Gasteiger partial charge in [-0.1, -0.05) is 23.4 Å². The van der Waals surface area contributed by atoms with E-state index in [9.17, 15) is 9.18 Å². The van der Waals surface area contributed by atoms with E-state index in [4.69, 9.17) is 4.74 Å². The monoisotopic (exact) mass is 444 g/mol. The molecular formula is C24H21FN6O2. The van der Waals surface area contributed by atoms with Crippen LogP contribution >= 0.6 is 0 Å². The first-order valence-electron chi connectivity index (χ1n) is 10.7. The second kappa shape index (κ2) is 9.25. The number of halogens is 1. The number of hydrogen-bond acceptors (Lipinski definition) is 7. The molecule has 0 atom stereocenters. The van der Waals surface area contributed by atoms with Gasteiger partial charge in [-0.15, -0.1) is 5.10 Å². The van der Waals surface area contributed by atoms with Gasteiger partial charge in [0.1, 0.15) is 23.0 Å². The van der Waals surface area contributed by atoms with Crippen molar-refractivity contribution in [2.75, 3.05) is 13.1 Å². The summed E-state index contributed by atoms with van der Waals surface area (Å²) in [5.74, 6) is -0.0870. The van der Waals surface area contributed by atoms with Gasteiger partial charge in [-0.05, 0) is 68.4 Å². The number of nitrogens with zero attached hydrogens (tertiary/aromatic N) is 5. The molecule has 4 aromatic rings. The molecule has 0 unspecified atom stereocenters. The van der Waals surface area contributed by atoms with Crippen LogP contribution in [0.3, 0.4) is 0 Å². The van der Waals surface area contributed by atoms with Gasteiger partial charge < -0.3 is 10.1 Å². The van der Waals surface area contributed by atoms with Gasteiger partial charge in [0.15, 0.2) is 0 Å². The maximum Gasteiger partial charge on any atom is 0.322 e. The van der Waals surface area contributed by atoms with Gasteiger partial charge in [0.2, 0.25) is 0 Å². The summed E-state index contributed by atoms with van der Waals surface area (Å²) in [4.78, 5) is 22.1. The lowest BCUT2D eigenvalue weighted by Crippen LogP contribution is -2.34. The molecule has 1 N–H and O–H groups in total. The Labute approximate surface area is 189 Å². The van der Waals surface area contributed by atoms with Crippen LogP contribution in [0.5, 0.6) is 11.8 Å². The Balaban J connectivity index is 1.58. The van der Waals surface area contributed by atoms with Gasteiger partial charge in [-0.2, -0.15) is 9.67 Å². The van der Waals surface area contributed by atoms with Crippen LogP contribution in [0.15, 0.2) is 66.9 Å².